The molecule has 0 bridgehead atoms. The van der Waals surface area contributed by atoms with Crippen LogP contribution in [0.25, 0.3) is 10.9 Å². The van der Waals surface area contributed by atoms with Crippen molar-refractivity contribution in [1.29, 1.82) is 0 Å². The number of carbonyl (C=O) groups is 1. The number of amides is 1. The maximum atomic E-state index is 13.1. The van der Waals surface area contributed by atoms with Gasteiger partial charge in [-0.05, 0) is 69.3 Å². The van der Waals surface area contributed by atoms with E-state index in [2.05, 4.69) is 52.8 Å². The fourth-order valence-electron chi connectivity index (χ4n) is 4.80. The lowest BCUT2D eigenvalue weighted by Crippen LogP contribution is -2.46. The molecule has 1 amide bonds. The Morgan fingerprint density at radius 1 is 1.27 bits per heavy atom. The second-order valence-corrected chi connectivity index (χ2v) is 9.97. The number of allylic oxidation sites excluding steroid dienone is 1. The van der Waals surface area contributed by atoms with E-state index in [4.69, 9.17) is 0 Å². The first kappa shape index (κ1) is 23.7. The lowest BCUT2D eigenvalue weighted by atomic mass is 9.95. The van der Waals surface area contributed by atoms with E-state index in [0.29, 0.717) is 12.5 Å². The van der Waals surface area contributed by atoms with E-state index >= 15 is 0 Å². The number of hydrogen-bond acceptors (Lipinski definition) is 4. The number of hydrogen-bond donors (Lipinski definition) is 4. The summed E-state index contributed by atoms with van der Waals surface area (Å²) >= 11 is 0. The Morgan fingerprint density at radius 2 is 2.06 bits per heavy atom. The number of nitrogens with one attached hydrogen (secondary N) is 3. The summed E-state index contributed by atoms with van der Waals surface area (Å²) in [6.45, 7) is 3.52. The van der Waals surface area contributed by atoms with E-state index in [1.54, 1.807) is 0 Å². The summed E-state index contributed by atoms with van der Waals surface area (Å²) in [5, 5.41) is 18.4. The van der Waals surface area contributed by atoms with E-state index in [0.717, 1.165) is 59.5 Å². The number of aliphatic hydroxyl groups is 1. The van der Waals surface area contributed by atoms with Gasteiger partial charge in [-0.3, -0.25) is 10.1 Å². The summed E-state index contributed by atoms with van der Waals surface area (Å²) in [7, 11) is 4.17. The largest absolute Gasteiger partial charge is 0.373 e. The maximum absolute atomic E-state index is 13.1. The Labute approximate surface area is 197 Å². The van der Waals surface area contributed by atoms with Crippen molar-refractivity contribution in [2.75, 3.05) is 27.2 Å². The Hall–Kier alpha value is -2.41. The molecular formula is C27H38N4O2. The van der Waals surface area contributed by atoms with Gasteiger partial charge in [-0.1, -0.05) is 49.3 Å². The van der Waals surface area contributed by atoms with E-state index in [9.17, 15) is 9.90 Å². The first-order chi connectivity index (χ1) is 15.9. The predicted octanol–water partition coefficient (Wildman–Crippen LogP) is 3.80. The molecule has 1 saturated carbocycles. The summed E-state index contributed by atoms with van der Waals surface area (Å²) in [5.74, 6) is 1.16. The second-order valence-electron chi connectivity index (χ2n) is 9.97. The first-order valence-corrected chi connectivity index (χ1v) is 12.2. The minimum atomic E-state index is -0.925. The third kappa shape index (κ3) is 6.34. The van der Waals surface area contributed by atoms with E-state index in [1.165, 1.54) is 12.8 Å². The van der Waals surface area contributed by atoms with Gasteiger partial charge < -0.3 is 20.3 Å². The molecule has 1 aromatic carbocycles. The van der Waals surface area contributed by atoms with Gasteiger partial charge in [0.05, 0.1) is 11.7 Å². The maximum Gasteiger partial charge on any atom is 0.237 e. The van der Waals surface area contributed by atoms with Crippen LogP contribution in [0.5, 0.6) is 0 Å². The van der Waals surface area contributed by atoms with Crippen molar-refractivity contribution in [2.45, 2.75) is 51.3 Å². The molecule has 178 valence electrons. The smallest absolute Gasteiger partial charge is 0.237 e. The normalized spacial score (nSPS) is 20.2. The van der Waals surface area contributed by atoms with Crippen LogP contribution in [0.4, 0.5) is 0 Å². The zero-order chi connectivity index (χ0) is 23.4. The number of benzene rings is 1. The molecule has 3 atom stereocenters. The molecule has 33 heavy (non-hydrogen) atoms. The third-order valence-electron chi connectivity index (χ3n) is 6.80. The van der Waals surface area contributed by atoms with Crippen LogP contribution in [0, 0.1) is 18.8 Å². The van der Waals surface area contributed by atoms with Gasteiger partial charge in [0.25, 0.3) is 0 Å². The zero-order valence-electron chi connectivity index (χ0n) is 20.1. The predicted molar refractivity (Wildman–Crippen MR) is 134 cm³/mol. The van der Waals surface area contributed by atoms with Crippen molar-refractivity contribution in [1.82, 2.24) is 20.5 Å². The molecule has 2 aliphatic rings. The Balaban J connectivity index is 1.40. The topological polar surface area (TPSA) is 80.4 Å². The SMILES string of the molecule is Cc1c(C(O)NC(CCC2CC2)C(=O)NCC2=CC(CN(C)C)CC=C2)[nH]c2ccccc12. The molecule has 0 aliphatic heterocycles. The first-order valence-electron chi connectivity index (χ1n) is 12.2. The van der Waals surface area contributed by atoms with E-state index in [1.807, 2.05) is 31.2 Å². The van der Waals surface area contributed by atoms with Gasteiger partial charge in [0.2, 0.25) is 5.91 Å². The molecule has 0 spiro atoms. The average Bonchev–Trinajstić information content (AvgIpc) is 3.56. The van der Waals surface area contributed by atoms with Gasteiger partial charge in [-0.25, -0.2) is 0 Å². The number of para-hydroxylation sites is 1. The van der Waals surface area contributed by atoms with Gasteiger partial charge in [0, 0.05) is 24.0 Å². The van der Waals surface area contributed by atoms with Crippen LogP contribution < -0.4 is 10.6 Å². The zero-order valence-corrected chi connectivity index (χ0v) is 20.1. The summed E-state index contributed by atoms with van der Waals surface area (Å²) in [4.78, 5) is 18.7. The van der Waals surface area contributed by atoms with Gasteiger partial charge in [0.1, 0.15) is 6.23 Å². The molecule has 4 N–H and O–H groups in total. The summed E-state index contributed by atoms with van der Waals surface area (Å²) < 4.78 is 0. The van der Waals surface area contributed by atoms with Crippen molar-refractivity contribution in [3.05, 3.63) is 59.3 Å². The Bertz CT molecular complexity index is 1020. The minimum absolute atomic E-state index is 0.0486. The number of aromatic amines is 1. The summed E-state index contributed by atoms with van der Waals surface area (Å²) in [6.07, 6.45) is 10.9. The molecule has 4 rings (SSSR count). The van der Waals surface area contributed by atoms with Crippen LogP contribution in [0.3, 0.4) is 0 Å². The van der Waals surface area contributed by atoms with Crippen molar-refractivity contribution in [2.24, 2.45) is 11.8 Å². The lowest BCUT2D eigenvalue weighted by molar-refractivity contribution is -0.124. The van der Waals surface area contributed by atoms with Gasteiger partial charge >= 0.3 is 0 Å². The number of aryl methyl sites for hydroxylation is 1. The molecule has 2 aliphatic carbocycles. The van der Waals surface area contributed by atoms with Gasteiger partial charge in [0.15, 0.2) is 0 Å². The van der Waals surface area contributed by atoms with Crippen LogP contribution >= 0.6 is 0 Å². The number of nitrogens with zero attached hydrogens (tertiary/aromatic N) is 1. The average molecular weight is 451 g/mol. The van der Waals surface area contributed by atoms with Gasteiger partial charge in [-0.2, -0.15) is 0 Å². The number of fused-ring (bicyclic) bond motifs is 1. The fourth-order valence-corrected chi connectivity index (χ4v) is 4.80. The molecular weight excluding hydrogens is 412 g/mol. The van der Waals surface area contributed by atoms with Crippen LogP contribution in [0.1, 0.15) is 49.6 Å². The van der Waals surface area contributed by atoms with E-state index < -0.39 is 12.3 Å². The third-order valence-corrected chi connectivity index (χ3v) is 6.80. The molecule has 6 nitrogen and oxygen atoms in total. The van der Waals surface area contributed by atoms with Crippen LogP contribution in [-0.4, -0.2) is 54.1 Å². The van der Waals surface area contributed by atoms with E-state index in [-0.39, 0.29) is 5.91 Å². The molecule has 0 saturated heterocycles. The Kier molecular flexibility index (Phi) is 7.68. The van der Waals surface area contributed by atoms with Crippen molar-refractivity contribution >= 4 is 16.8 Å². The van der Waals surface area contributed by atoms with Gasteiger partial charge in [-0.15, -0.1) is 0 Å². The fraction of sp³-hybridized carbons (Fsp3) is 0.519. The highest BCUT2D eigenvalue weighted by atomic mass is 16.3. The summed E-state index contributed by atoms with van der Waals surface area (Å²) in [6, 6.07) is 7.59. The standard InChI is InChI=1S/C27H38N4O2/c1-18-22-9-4-5-10-23(22)29-25(18)27(33)30-24(14-13-19-11-12-19)26(32)28-16-20-7-6-8-21(15-20)17-31(2)3/h4-7,9-10,15,19,21,24,27,29-30,33H,8,11-14,16-17H2,1-3H3,(H,28,32). The molecule has 1 aromatic heterocycles. The summed E-state index contributed by atoms with van der Waals surface area (Å²) in [5.41, 5.74) is 3.88. The van der Waals surface area contributed by atoms with Crippen LogP contribution in [0.2, 0.25) is 0 Å². The highest BCUT2D eigenvalue weighted by molar-refractivity contribution is 5.84. The lowest BCUT2D eigenvalue weighted by Gasteiger charge is -2.23. The highest BCUT2D eigenvalue weighted by Gasteiger charge is 2.28. The quantitative estimate of drug-likeness (QED) is 0.393. The van der Waals surface area contributed by atoms with Crippen LogP contribution in [-0.2, 0) is 4.79 Å². The monoisotopic (exact) mass is 450 g/mol. The number of carbonyl (C=O) groups excluding carboxylic acids is 1. The molecule has 1 fully saturated rings. The number of H-pyrrole nitrogens is 1. The van der Waals surface area contributed by atoms with Crippen molar-refractivity contribution in [3.63, 3.8) is 0 Å². The molecule has 2 aromatic rings. The number of aliphatic hydroxyl groups excluding tert-OH is 1. The minimum Gasteiger partial charge on any atom is -0.373 e. The molecule has 0 radical (unpaired) electrons. The molecule has 3 unspecified atom stereocenters. The molecule has 1 heterocycles. The highest BCUT2D eigenvalue weighted by Crippen LogP contribution is 2.34. The van der Waals surface area contributed by atoms with Crippen molar-refractivity contribution in [3.8, 4) is 0 Å². The number of rotatable bonds is 11. The van der Waals surface area contributed by atoms with Crippen LogP contribution in [0.15, 0.2) is 48.1 Å². The second kappa shape index (κ2) is 10.7. The van der Waals surface area contributed by atoms with Crippen molar-refractivity contribution < 1.29 is 9.90 Å². The number of aromatic nitrogens is 1. The molecule has 6 heteroatoms. The Morgan fingerprint density at radius 3 is 2.79 bits per heavy atom.